The quantitative estimate of drug-likeness (QED) is 0.0274. The number of hydrogen-bond donors (Lipinski definition) is 7. The minimum atomic E-state index is -1.61. The van der Waals surface area contributed by atoms with Crippen LogP contribution in [0.5, 0.6) is 0 Å². The van der Waals surface area contributed by atoms with Gasteiger partial charge in [-0.15, -0.1) is 0 Å². The summed E-state index contributed by atoms with van der Waals surface area (Å²) < 4.78 is 11.1. The lowest BCUT2D eigenvalue weighted by atomic mass is 9.99. The lowest BCUT2D eigenvalue weighted by Crippen LogP contribution is -2.60. The van der Waals surface area contributed by atoms with Gasteiger partial charge in [-0.2, -0.15) is 0 Å². The summed E-state index contributed by atoms with van der Waals surface area (Å²) in [6.45, 7) is 3.55. The van der Waals surface area contributed by atoms with Gasteiger partial charge in [0.25, 0.3) is 0 Å². The average Bonchev–Trinajstić information content (AvgIpc) is 3.14. The molecule has 0 aromatic rings. The normalized spacial score (nSPS) is 22.7. The van der Waals surface area contributed by atoms with Gasteiger partial charge in [0, 0.05) is 0 Å². The monoisotopic (exact) mass is 742 g/mol. The van der Waals surface area contributed by atoms with Crippen LogP contribution in [0.4, 0.5) is 0 Å². The van der Waals surface area contributed by atoms with Gasteiger partial charge in [0.1, 0.15) is 30.5 Å². The molecular formula is C42H79NO9. The molecule has 0 bridgehead atoms. The maximum Gasteiger partial charge on any atom is 0.249 e. The molecule has 0 aliphatic carbocycles. The van der Waals surface area contributed by atoms with E-state index in [1.54, 1.807) is 6.08 Å². The molecule has 52 heavy (non-hydrogen) atoms. The fourth-order valence-electron chi connectivity index (χ4n) is 6.57. The average molecular weight is 742 g/mol. The summed E-state index contributed by atoms with van der Waals surface area (Å²) in [6, 6.07) is -0.980. The molecule has 1 saturated heterocycles. The van der Waals surface area contributed by atoms with Crippen LogP contribution in [-0.2, 0) is 14.3 Å². The maximum atomic E-state index is 13.0. The molecule has 306 valence electrons. The minimum Gasteiger partial charge on any atom is -0.394 e. The summed E-state index contributed by atoms with van der Waals surface area (Å²) in [6.07, 6.45) is 26.9. The molecule has 7 N–H and O–H groups in total. The Morgan fingerprint density at radius 2 is 1.12 bits per heavy atom. The van der Waals surface area contributed by atoms with Gasteiger partial charge >= 0.3 is 0 Å². The second kappa shape index (κ2) is 33.0. The van der Waals surface area contributed by atoms with Crippen molar-refractivity contribution in [1.82, 2.24) is 5.32 Å². The van der Waals surface area contributed by atoms with Gasteiger partial charge in [-0.3, -0.25) is 4.79 Å². The molecule has 10 heteroatoms. The molecule has 1 aliphatic heterocycles. The van der Waals surface area contributed by atoms with Gasteiger partial charge in [-0.05, 0) is 44.9 Å². The number of ether oxygens (including phenoxy) is 2. The number of aliphatic hydroxyl groups excluding tert-OH is 6. The summed E-state index contributed by atoms with van der Waals surface area (Å²) in [5.74, 6) is -0.628. The van der Waals surface area contributed by atoms with Gasteiger partial charge in [0.05, 0.1) is 25.4 Å². The number of hydrogen-bond acceptors (Lipinski definition) is 9. The highest BCUT2D eigenvalue weighted by molar-refractivity contribution is 5.80. The Bertz CT molecular complexity index is 886. The van der Waals surface area contributed by atoms with Gasteiger partial charge in [0.15, 0.2) is 6.29 Å². The van der Waals surface area contributed by atoms with E-state index >= 15 is 0 Å². The van der Waals surface area contributed by atoms with E-state index in [4.69, 9.17) is 9.47 Å². The third-order valence-electron chi connectivity index (χ3n) is 10.1. The number of allylic oxidation sites excluding steroid dienone is 3. The van der Waals surface area contributed by atoms with E-state index in [1.807, 2.05) is 6.08 Å². The van der Waals surface area contributed by atoms with Crippen LogP contribution >= 0.6 is 0 Å². The Morgan fingerprint density at radius 3 is 1.65 bits per heavy atom. The first-order chi connectivity index (χ1) is 25.3. The molecular weight excluding hydrogens is 662 g/mol. The fraction of sp³-hybridized carbons (Fsp3) is 0.881. The molecule has 0 spiro atoms. The number of aliphatic hydroxyl groups is 6. The molecule has 8 atom stereocenters. The van der Waals surface area contributed by atoms with Crippen LogP contribution in [-0.4, -0.2) is 98.7 Å². The van der Waals surface area contributed by atoms with E-state index in [0.29, 0.717) is 12.8 Å². The molecule has 0 saturated carbocycles. The zero-order valence-electron chi connectivity index (χ0n) is 32.9. The highest BCUT2D eigenvalue weighted by atomic mass is 16.7. The van der Waals surface area contributed by atoms with Crippen LogP contribution in [0.2, 0.25) is 0 Å². The third kappa shape index (κ3) is 23.4. The summed E-state index contributed by atoms with van der Waals surface area (Å²) in [4.78, 5) is 13.0. The SMILES string of the molecule is CCCCC/C=C\CCCCCCC(O)C(=O)NC(COC1OC(CO)C(O)C(O)C1O)C(O)/C=C/CCCCCCCCCCCCCCCC. The van der Waals surface area contributed by atoms with E-state index in [0.717, 1.165) is 51.4 Å². The van der Waals surface area contributed by atoms with E-state index in [2.05, 4.69) is 31.3 Å². The number of unbranched alkanes of at least 4 members (excludes halogenated alkanes) is 21. The first-order valence-corrected chi connectivity index (χ1v) is 21.2. The predicted molar refractivity (Wildman–Crippen MR) is 209 cm³/mol. The Labute approximate surface area is 316 Å². The molecule has 1 heterocycles. The number of carbonyl (C=O) groups excluding carboxylic acids is 1. The number of nitrogens with one attached hydrogen (secondary N) is 1. The Hall–Kier alpha value is -1.37. The summed E-state index contributed by atoms with van der Waals surface area (Å²) >= 11 is 0. The summed E-state index contributed by atoms with van der Waals surface area (Å²) in [5.41, 5.74) is 0. The van der Waals surface area contributed by atoms with Crippen LogP contribution in [0.25, 0.3) is 0 Å². The molecule has 1 fully saturated rings. The first kappa shape index (κ1) is 48.6. The van der Waals surface area contributed by atoms with Crippen molar-refractivity contribution in [2.24, 2.45) is 0 Å². The van der Waals surface area contributed by atoms with E-state index < -0.39 is 61.5 Å². The lowest BCUT2D eigenvalue weighted by molar-refractivity contribution is -0.302. The molecule has 0 aromatic carbocycles. The van der Waals surface area contributed by atoms with E-state index in [-0.39, 0.29) is 6.61 Å². The van der Waals surface area contributed by atoms with E-state index in [1.165, 1.54) is 96.3 Å². The first-order valence-electron chi connectivity index (χ1n) is 21.2. The van der Waals surface area contributed by atoms with Crippen molar-refractivity contribution in [3.05, 3.63) is 24.3 Å². The van der Waals surface area contributed by atoms with Crippen molar-refractivity contribution < 1.29 is 44.9 Å². The second-order valence-electron chi connectivity index (χ2n) is 14.9. The number of amides is 1. The van der Waals surface area contributed by atoms with E-state index in [9.17, 15) is 35.4 Å². The Morgan fingerprint density at radius 1 is 0.654 bits per heavy atom. The van der Waals surface area contributed by atoms with Gasteiger partial charge in [-0.1, -0.05) is 154 Å². The van der Waals surface area contributed by atoms with Crippen molar-refractivity contribution in [2.75, 3.05) is 13.2 Å². The second-order valence-corrected chi connectivity index (χ2v) is 14.9. The molecule has 0 radical (unpaired) electrons. The number of carbonyl (C=O) groups is 1. The van der Waals surface area contributed by atoms with Crippen LogP contribution in [0.3, 0.4) is 0 Å². The molecule has 1 aliphatic rings. The molecule has 0 aromatic heterocycles. The van der Waals surface area contributed by atoms with Crippen molar-refractivity contribution in [1.29, 1.82) is 0 Å². The predicted octanol–water partition coefficient (Wildman–Crippen LogP) is 6.91. The summed E-state index contributed by atoms with van der Waals surface area (Å²) in [5, 5.41) is 64.4. The van der Waals surface area contributed by atoms with Crippen molar-refractivity contribution >= 4 is 5.91 Å². The Balaban J connectivity index is 2.48. The third-order valence-corrected chi connectivity index (χ3v) is 10.1. The molecule has 1 rings (SSSR count). The van der Waals surface area contributed by atoms with Gasteiger partial charge < -0.3 is 45.4 Å². The standard InChI is InChI=1S/C42H79NO9/c1-3-5-7-9-11-13-15-16-17-18-19-21-22-24-26-28-30-35(45)34(33-51-42-40(49)39(48)38(47)37(32-44)52-42)43-41(50)36(46)31-29-27-25-23-20-14-12-10-8-6-4-2/h12,14,28,30,34-40,42,44-49H,3-11,13,15-27,29,31-33H2,1-2H3,(H,43,50)/b14-12-,30-28+. The topological polar surface area (TPSA) is 169 Å². The van der Waals surface area contributed by atoms with Crippen LogP contribution < -0.4 is 5.32 Å². The number of rotatable bonds is 34. The Kier molecular flexibility index (Phi) is 30.9. The zero-order chi connectivity index (χ0) is 38.2. The highest BCUT2D eigenvalue weighted by Gasteiger charge is 2.44. The smallest absolute Gasteiger partial charge is 0.249 e. The van der Waals surface area contributed by atoms with Crippen molar-refractivity contribution in [3.63, 3.8) is 0 Å². The minimum absolute atomic E-state index is 0.296. The summed E-state index contributed by atoms with van der Waals surface area (Å²) in [7, 11) is 0. The zero-order valence-corrected chi connectivity index (χ0v) is 32.9. The molecule has 1 amide bonds. The van der Waals surface area contributed by atoms with Gasteiger partial charge in [0.2, 0.25) is 5.91 Å². The molecule has 8 unspecified atom stereocenters. The molecule has 10 nitrogen and oxygen atoms in total. The highest BCUT2D eigenvalue weighted by Crippen LogP contribution is 2.22. The van der Waals surface area contributed by atoms with Crippen molar-refractivity contribution in [2.45, 2.75) is 223 Å². The van der Waals surface area contributed by atoms with Crippen molar-refractivity contribution in [3.8, 4) is 0 Å². The maximum absolute atomic E-state index is 13.0. The lowest BCUT2D eigenvalue weighted by Gasteiger charge is -2.40. The largest absolute Gasteiger partial charge is 0.394 e. The van der Waals surface area contributed by atoms with Crippen LogP contribution in [0, 0.1) is 0 Å². The van der Waals surface area contributed by atoms with Crippen LogP contribution in [0.15, 0.2) is 24.3 Å². The van der Waals surface area contributed by atoms with Crippen LogP contribution in [0.1, 0.15) is 174 Å². The fourth-order valence-corrected chi connectivity index (χ4v) is 6.57. The van der Waals surface area contributed by atoms with Gasteiger partial charge in [-0.25, -0.2) is 0 Å².